The van der Waals surface area contributed by atoms with Gasteiger partial charge in [0.25, 0.3) is 0 Å². The molecular weight excluding hydrogens is 302 g/mol. The molecule has 3 aromatic heterocycles. The van der Waals surface area contributed by atoms with Crippen LogP contribution in [0.1, 0.15) is 5.82 Å². The number of nitrogens with zero attached hydrogens (tertiary/aromatic N) is 3. The predicted octanol–water partition coefficient (Wildman–Crippen LogP) is 3.79. The number of H-pyrrole nitrogens is 1. The highest BCUT2D eigenvalue weighted by molar-refractivity contribution is 5.77. The van der Waals surface area contributed by atoms with E-state index in [0.717, 1.165) is 40.1 Å². The summed E-state index contributed by atoms with van der Waals surface area (Å²) in [5.74, 6) is 2.56. The van der Waals surface area contributed by atoms with Crippen molar-refractivity contribution >= 4 is 17.2 Å². The smallest absolute Gasteiger partial charge is 0.144 e. The highest BCUT2D eigenvalue weighted by Crippen LogP contribution is 2.30. The molecule has 4 aromatic rings. The van der Waals surface area contributed by atoms with E-state index in [1.807, 2.05) is 66.2 Å². The lowest BCUT2D eigenvalue weighted by Crippen LogP contribution is -1.97. The van der Waals surface area contributed by atoms with Crippen molar-refractivity contribution in [3.05, 3.63) is 60.7 Å². The molecule has 0 atom stereocenters. The first-order valence-electron chi connectivity index (χ1n) is 7.65. The van der Waals surface area contributed by atoms with Gasteiger partial charge in [-0.25, -0.2) is 9.97 Å². The number of aromatic nitrogens is 4. The van der Waals surface area contributed by atoms with Gasteiger partial charge in [0.05, 0.1) is 7.11 Å². The Bertz CT molecular complexity index is 984. The van der Waals surface area contributed by atoms with Gasteiger partial charge in [-0.05, 0) is 43.3 Å². The van der Waals surface area contributed by atoms with Crippen molar-refractivity contribution in [2.75, 3.05) is 12.4 Å². The van der Waals surface area contributed by atoms with Gasteiger partial charge in [-0.2, -0.15) is 0 Å². The summed E-state index contributed by atoms with van der Waals surface area (Å²) in [5, 5.41) is 3.45. The number of anilines is 2. The molecule has 0 radical (unpaired) electrons. The molecule has 2 N–H and O–H groups in total. The van der Waals surface area contributed by atoms with Gasteiger partial charge in [0.2, 0.25) is 0 Å². The number of fused-ring (bicyclic) bond motifs is 1. The van der Waals surface area contributed by atoms with Gasteiger partial charge in [-0.15, -0.1) is 0 Å². The second kappa shape index (κ2) is 5.73. The van der Waals surface area contributed by atoms with Crippen LogP contribution in [-0.2, 0) is 0 Å². The third-order valence-electron chi connectivity index (χ3n) is 3.83. The van der Waals surface area contributed by atoms with Crippen molar-refractivity contribution in [3.63, 3.8) is 0 Å². The van der Waals surface area contributed by atoms with Crippen molar-refractivity contribution in [1.82, 2.24) is 19.4 Å². The number of hydrogen-bond donors (Lipinski definition) is 2. The monoisotopic (exact) mass is 319 g/mol. The van der Waals surface area contributed by atoms with Crippen molar-refractivity contribution in [2.24, 2.45) is 0 Å². The molecule has 0 unspecified atom stereocenters. The summed E-state index contributed by atoms with van der Waals surface area (Å²) in [4.78, 5) is 12.3. The number of aryl methyl sites for hydroxylation is 1. The third kappa shape index (κ3) is 2.48. The Morgan fingerprint density at radius 3 is 2.62 bits per heavy atom. The minimum atomic E-state index is 0.807. The Kier molecular flexibility index (Phi) is 3.42. The Morgan fingerprint density at radius 2 is 1.92 bits per heavy atom. The minimum Gasteiger partial charge on any atom is -0.497 e. The molecule has 4 rings (SSSR count). The maximum absolute atomic E-state index is 5.21. The number of methoxy groups -OCH3 is 1. The van der Waals surface area contributed by atoms with Crippen molar-refractivity contribution in [3.8, 4) is 17.1 Å². The first-order chi connectivity index (χ1) is 11.7. The molecule has 0 fully saturated rings. The number of hydrogen-bond acceptors (Lipinski definition) is 4. The Morgan fingerprint density at radius 1 is 1.08 bits per heavy atom. The second-order valence-electron chi connectivity index (χ2n) is 5.46. The zero-order valence-electron chi connectivity index (χ0n) is 13.4. The number of imidazole rings is 2. The van der Waals surface area contributed by atoms with Crippen LogP contribution in [0.15, 0.2) is 54.9 Å². The molecule has 0 amide bonds. The fraction of sp³-hybridized carbons (Fsp3) is 0.111. The minimum absolute atomic E-state index is 0.807. The molecule has 3 heterocycles. The van der Waals surface area contributed by atoms with E-state index < -0.39 is 0 Å². The Balaban J connectivity index is 1.82. The molecule has 0 aliphatic heterocycles. The van der Waals surface area contributed by atoms with E-state index in [-0.39, 0.29) is 0 Å². The van der Waals surface area contributed by atoms with Crippen LogP contribution in [0.3, 0.4) is 0 Å². The third-order valence-corrected chi connectivity index (χ3v) is 3.83. The maximum atomic E-state index is 5.21. The molecule has 0 saturated carbocycles. The summed E-state index contributed by atoms with van der Waals surface area (Å²) in [5.41, 5.74) is 3.44. The summed E-state index contributed by atoms with van der Waals surface area (Å²) in [7, 11) is 1.66. The van der Waals surface area contributed by atoms with Gasteiger partial charge in [0, 0.05) is 18.1 Å². The summed E-state index contributed by atoms with van der Waals surface area (Å²) in [6.45, 7) is 1.93. The van der Waals surface area contributed by atoms with E-state index in [1.165, 1.54) is 0 Å². The molecule has 0 spiro atoms. The number of nitrogens with one attached hydrogen (secondary N) is 2. The zero-order valence-corrected chi connectivity index (χ0v) is 13.4. The fourth-order valence-corrected chi connectivity index (χ4v) is 2.64. The highest BCUT2D eigenvalue weighted by Gasteiger charge is 2.16. The summed E-state index contributed by atoms with van der Waals surface area (Å²) in [6.07, 6.45) is 3.85. The zero-order chi connectivity index (χ0) is 16.5. The first-order valence-corrected chi connectivity index (χ1v) is 7.65. The summed E-state index contributed by atoms with van der Waals surface area (Å²) >= 11 is 0. The molecule has 0 aliphatic carbocycles. The molecule has 1 aromatic carbocycles. The van der Waals surface area contributed by atoms with Gasteiger partial charge in [0.1, 0.15) is 34.4 Å². The van der Waals surface area contributed by atoms with E-state index in [2.05, 4.69) is 15.3 Å². The molecule has 6 nitrogen and oxygen atoms in total. The number of pyridine rings is 1. The van der Waals surface area contributed by atoms with Crippen LogP contribution in [0.2, 0.25) is 0 Å². The molecule has 6 heteroatoms. The molecule has 0 bridgehead atoms. The predicted molar refractivity (Wildman–Crippen MR) is 93.8 cm³/mol. The normalized spacial score (nSPS) is 10.9. The number of aromatic amines is 1. The lowest BCUT2D eigenvalue weighted by molar-refractivity contribution is 0.415. The first kappa shape index (κ1) is 14.3. The average Bonchev–Trinajstić information content (AvgIpc) is 3.20. The van der Waals surface area contributed by atoms with Gasteiger partial charge in [-0.3, -0.25) is 4.40 Å². The molecule has 0 saturated heterocycles. The van der Waals surface area contributed by atoms with E-state index >= 15 is 0 Å². The molecular formula is C18H17N5O. The van der Waals surface area contributed by atoms with Gasteiger partial charge >= 0.3 is 0 Å². The van der Waals surface area contributed by atoms with Crippen LogP contribution in [0, 0.1) is 6.92 Å². The summed E-state index contributed by atoms with van der Waals surface area (Å²) < 4.78 is 7.23. The standard InChI is InChI=1S/C18H17N5O/c1-12-19-11-15(20-12)17-18(23-10-4-3-5-16(23)22-17)21-13-6-8-14(24-2)9-7-13/h3-11,21H,1-2H3,(H,19,20). The number of benzene rings is 1. The Labute approximate surface area is 139 Å². The SMILES string of the molecule is COc1ccc(Nc2c(-c3c[nH]c(C)n3)nc3ccccn23)cc1. The quantitative estimate of drug-likeness (QED) is 0.600. The molecule has 120 valence electrons. The molecule has 0 aliphatic rings. The average molecular weight is 319 g/mol. The van der Waals surface area contributed by atoms with Crippen LogP contribution >= 0.6 is 0 Å². The van der Waals surface area contributed by atoms with Gasteiger partial charge in [-0.1, -0.05) is 6.07 Å². The van der Waals surface area contributed by atoms with Gasteiger partial charge < -0.3 is 15.0 Å². The number of ether oxygens (including phenoxy) is 1. The van der Waals surface area contributed by atoms with Crippen molar-refractivity contribution < 1.29 is 4.74 Å². The highest BCUT2D eigenvalue weighted by atomic mass is 16.5. The van der Waals surface area contributed by atoms with Crippen LogP contribution in [-0.4, -0.2) is 26.5 Å². The van der Waals surface area contributed by atoms with Crippen LogP contribution < -0.4 is 10.1 Å². The van der Waals surface area contributed by atoms with Gasteiger partial charge in [0.15, 0.2) is 0 Å². The van der Waals surface area contributed by atoms with E-state index in [4.69, 9.17) is 9.72 Å². The molecule has 24 heavy (non-hydrogen) atoms. The lowest BCUT2D eigenvalue weighted by Gasteiger charge is -2.08. The van der Waals surface area contributed by atoms with E-state index in [0.29, 0.717) is 0 Å². The van der Waals surface area contributed by atoms with E-state index in [1.54, 1.807) is 7.11 Å². The second-order valence-corrected chi connectivity index (χ2v) is 5.46. The fourth-order valence-electron chi connectivity index (χ4n) is 2.64. The van der Waals surface area contributed by atoms with Crippen LogP contribution in [0.25, 0.3) is 17.0 Å². The maximum Gasteiger partial charge on any atom is 0.144 e. The van der Waals surface area contributed by atoms with Crippen molar-refractivity contribution in [2.45, 2.75) is 6.92 Å². The van der Waals surface area contributed by atoms with Crippen molar-refractivity contribution in [1.29, 1.82) is 0 Å². The lowest BCUT2D eigenvalue weighted by atomic mass is 10.3. The topological polar surface area (TPSA) is 67.2 Å². The van der Waals surface area contributed by atoms with E-state index in [9.17, 15) is 0 Å². The van der Waals surface area contributed by atoms with Crippen LogP contribution in [0.5, 0.6) is 5.75 Å². The summed E-state index contributed by atoms with van der Waals surface area (Å²) in [6, 6.07) is 13.7. The Hall–Kier alpha value is -3.28. The number of rotatable bonds is 4. The largest absolute Gasteiger partial charge is 0.497 e. The van der Waals surface area contributed by atoms with Crippen LogP contribution in [0.4, 0.5) is 11.5 Å².